The molecule has 1 unspecified atom stereocenters. The molecule has 0 fully saturated rings. The van der Waals surface area contributed by atoms with E-state index in [1.165, 1.54) is 5.56 Å². The quantitative estimate of drug-likeness (QED) is 0.906. The second kappa shape index (κ2) is 7.24. The first-order chi connectivity index (χ1) is 8.65. The van der Waals surface area contributed by atoms with Gasteiger partial charge in [0, 0.05) is 30.4 Å². The van der Waals surface area contributed by atoms with Crippen molar-refractivity contribution in [1.29, 1.82) is 0 Å². The van der Waals surface area contributed by atoms with Crippen molar-refractivity contribution < 1.29 is 9.53 Å². The van der Waals surface area contributed by atoms with E-state index in [9.17, 15) is 4.79 Å². The number of nitrogens with two attached hydrogens (primary N) is 1. The lowest BCUT2D eigenvalue weighted by Crippen LogP contribution is -2.35. The van der Waals surface area contributed by atoms with Crippen molar-refractivity contribution in [3.63, 3.8) is 0 Å². The first kappa shape index (κ1) is 16.4. The fraction of sp³-hybridized carbons (Fsp3) is 0.462. The molecule has 2 N–H and O–H groups in total. The Morgan fingerprint density at radius 3 is 2.95 bits per heavy atom. The van der Waals surface area contributed by atoms with Gasteiger partial charge in [-0.1, -0.05) is 15.9 Å². The molecule has 1 atom stereocenters. The Bertz CT molecular complexity index is 452. The highest BCUT2D eigenvalue weighted by atomic mass is 79.9. The van der Waals surface area contributed by atoms with Gasteiger partial charge in [0.15, 0.2) is 0 Å². The van der Waals surface area contributed by atoms with Crippen LogP contribution in [0.5, 0.6) is 0 Å². The van der Waals surface area contributed by atoms with Gasteiger partial charge in [0.05, 0.1) is 12.5 Å². The van der Waals surface area contributed by atoms with E-state index in [2.05, 4.69) is 22.0 Å². The second-order valence-corrected chi connectivity index (χ2v) is 5.28. The molecule has 0 aromatic heterocycles. The highest BCUT2D eigenvalue weighted by molar-refractivity contribution is 9.10. The Kier molecular flexibility index (Phi) is 6.26. The van der Waals surface area contributed by atoms with Gasteiger partial charge in [-0.2, -0.15) is 0 Å². The Labute approximate surface area is 127 Å². The van der Waals surface area contributed by atoms with Crippen LogP contribution in [0, 0.1) is 0 Å². The third kappa shape index (κ3) is 3.69. The summed E-state index contributed by atoms with van der Waals surface area (Å²) in [6, 6.07) is 6.01. The minimum Gasteiger partial charge on any atom is -0.380 e. The molecule has 1 aromatic carbocycles. The van der Waals surface area contributed by atoms with Gasteiger partial charge in [-0.05, 0) is 30.2 Å². The van der Waals surface area contributed by atoms with Gasteiger partial charge in [0.2, 0.25) is 5.91 Å². The van der Waals surface area contributed by atoms with Crippen molar-refractivity contribution in [3.05, 3.63) is 28.2 Å². The number of amides is 1. The van der Waals surface area contributed by atoms with Crippen LogP contribution in [-0.4, -0.2) is 32.2 Å². The molecule has 6 heteroatoms. The summed E-state index contributed by atoms with van der Waals surface area (Å²) in [5.74, 6) is 0.0772. The second-order valence-electron chi connectivity index (χ2n) is 4.37. The summed E-state index contributed by atoms with van der Waals surface area (Å²) < 4.78 is 6.21. The number of methoxy groups -OCH3 is 1. The minimum atomic E-state index is -0.197. The van der Waals surface area contributed by atoms with Crippen LogP contribution in [0.2, 0.25) is 0 Å². The van der Waals surface area contributed by atoms with Crippen LogP contribution in [-0.2, 0) is 16.0 Å². The van der Waals surface area contributed by atoms with Crippen molar-refractivity contribution in [2.45, 2.75) is 18.9 Å². The smallest absolute Gasteiger partial charge is 0.229 e. The average Bonchev–Trinajstić information content (AvgIpc) is 2.78. The Balaban J connectivity index is 0.00000180. The van der Waals surface area contributed by atoms with E-state index in [4.69, 9.17) is 10.5 Å². The zero-order valence-corrected chi connectivity index (χ0v) is 13.2. The third-order valence-corrected chi connectivity index (χ3v) is 3.73. The molecule has 0 saturated carbocycles. The van der Waals surface area contributed by atoms with Crippen molar-refractivity contribution in [1.82, 2.24) is 0 Å². The number of benzene rings is 1. The van der Waals surface area contributed by atoms with Gasteiger partial charge in [0.1, 0.15) is 0 Å². The first-order valence-corrected chi connectivity index (χ1v) is 6.76. The molecule has 1 aliphatic heterocycles. The molecular weight excluding hydrogens is 332 g/mol. The van der Waals surface area contributed by atoms with E-state index >= 15 is 0 Å². The number of hydrogen-bond donors (Lipinski definition) is 1. The summed E-state index contributed by atoms with van der Waals surface area (Å²) in [5.41, 5.74) is 7.76. The summed E-state index contributed by atoms with van der Waals surface area (Å²) in [7, 11) is 1.58. The molecule has 1 heterocycles. The van der Waals surface area contributed by atoms with Crippen LogP contribution in [0.15, 0.2) is 22.7 Å². The highest BCUT2D eigenvalue weighted by Crippen LogP contribution is 2.31. The Hall–Kier alpha value is -0.620. The van der Waals surface area contributed by atoms with Gasteiger partial charge < -0.3 is 15.4 Å². The van der Waals surface area contributed by atoms with E-state index in [1.54, 1.807) is 7.11 Å². The number of rotatable bonds is 4. The van der Waals surface area contributed by atoms with Gasteiger partial charge in [0.25, 0.3) is 0 Å². The monoisotopic (exact) mass is 348 g/mol. The molecule has 0 radical (unpaired) electrons. The lowest BCUT2D eigenvalue weighted by atomic mass is 10.2. The SMILES string of the molecule is COC(CN)CC(=O)N1CCc2cc(Br)ccc21.Cl. The standard InChI is InChI=1S/C13H17BrN2O2.ClH/c1-18-11(8-15)7-13(17)16-5-4-9-6-10(14)2-3-12(9)16;/h2-3,6,11H,4-5,7-8,15H2,1H3;1H. The molecular formula is C13H18BrClN2O2. The van der Waals surface area contributed by atoms with Crippen molar-refractivity contribution >= 4 is 39.9 Å². The molecule has 1 aliphatic rings. The number of hydrogen-bond acceptors (Lipinski definition) is 3. The molecule has 1 aromatic rings. The van der Waals surface area contributed by atoms with Crippen LogP contribution in [0.25, 0.3) is 0 Å². The van der Waals surface area contributed by atoms with Gasteiger partial charge in [-0.25, -0.2) is 0 Å². The van der Waals surface area contributed by atoms with Crippen molar-refractivity contribution in [2.75, 3.05) is 25.1 Å². The summed E-state index contributed by atoms with van der Waals surface area (Å²) in [5, 5.41) is 0. The number of halogens is 2. The maximum Gasteiger partial charge on any atom is 0.229 e. The predicted molar refractivity (Wildman–Crippen MR) is 81.9 cm³/mol. The Morgan fingerprint density at radius 1 is 1.58 bits per heavy atom. The largest absolute Gasteiger partial charge is 0.380 e. The number of anilines is 1. The van der Waals surface area contributed by atoms with Crippen LogP contribution in [0.3, 0.4) is 0 Å². The number of fused-ring (bicyclic) bond motifs is 1. The summed E-state index contributed by atoms with van der Waals surface area (Å²) in [6.45, 7) is 1.11. The average molecular weight is 350 g/mol. The van der Waals surface area contributed by atoms with Crippen molar-refractivity contribution in [2.24, 2.45) is 5.73 Å². The lowest BCUT2D eigenvalue weighted by Gasteiger charge is -2.20. The summed E-state index contributed by atoms with van der Waals surface area (Å²) in [4.78, 5) is 14.0. The fourth-order valence-corrected chi connectivity index (χ4v) is 2.61. The normalized spacial score (nSPS) is 14.8. The fourth-order valence-electron chi connectivity index (χ4n) is 2.20. The van der Waals surface area contributed by atoms with Gasteiger partial charge >= 0.3 is 0 Å². The van der Waals surface area contributed by atoms with Crippen LogP contribution in [0.4, 0.5) is 5.69 Å². The number of ether oxygens (including phenoxy) is 1. The highest BCUT2D eigenvalue weighted by Gasteiger charge is 2.26. The maximum absolute atomic E-state index is 12.2. The number of nitrogens with zero attached hydrogens (tertiary/aromatic N) is 1. The molecule has 0 aliphatic carbocycles. The van der Waals surface area contributed by atoms with E-state index in [0.29, 0.717) is 13.0 Å². The van der Waals surface area contributed by atoms with Crippen LogP contribution >= 0.6 is 28.3 Å². The number of carbonyl (C=O) groups excluding carboxylic acids is 1. The summed E-state index contributed by atoms with van der Waals surface area (Å²) >= 11 is 3.44. The van der Waals surface area contributed by atoms with Gasteiger partial charge in [-0.15, -0.1) is 12.4 Å². The zero-order valence-electron chi connectivity index (χ0n) is 10.8. The maximum atomic E-state index is 12.2. The molecule has 19 heavy (non-hydrogen) atoms. The first-order valence-electron chi connectivity index (χ1n) is 5.97. The van der Waals surface area contributed by atoms with E-state index in [0.717, 1.165) is 23.1 Å². The minimum absolute atomic E-state index is 0. The van der Waals surface area contributed by atoms with Crippen LogP contribution < -0.4 is 10.6 Å². The molecule has 0 spiro atoms. The molecule has 0 saturated heterocycles. The summed E-state index contributed by atoms with van der Waals surface area (Å²) in [6.07, 6.45) is 1.04. The number of carbonyl (C=O) groups is 1. The van der Waals surface area contributed by atoms with E-state index < -0.39 is 0 Å². The molecule has 2 rings (SSSR count). The zero-order chi connectivity index (χ0) is 13.1. The molecule has 4 nitrogen and oxygen atoms in total. The van der Waals surface area contributed by atoms with Gasteiger partial charge in [-0.3, -0.25) is 4.79 Å². The molecule has 106 valence electrons. The topological polar surface area (TPSA) is 55.6 Å². The van der Waals surface area contributed by atoms with Crippen LogP contribution in [0.1, 0.15) is 12.0 Å². The van der Waals surface area contributed by atoms with Crippen molar-refractivity contribution in [3.8, 4) is 0 Å². The predicted octanol–water partition coefficient (Wildman–Crippen LogP) is 2.12. The molecule has 1 amide bonds. The molecule has 0 bridgehead atoms. The Morgan fingerprint density at radius 2 is 2.32 bits per heavy atom. The van der Waals surface area contributed by atoms with E-state index in [1.807, 2.05) is 17.0 Å². The van der Waals surface area contributed by atoms with E-state index in [-0.39, 0.29) is 24.4 Å². The lowest BCUT2D eigenvalue weighted by molar-refractivity contribution is -0.120. The third-order valence-electron chi connectivity index (χ3n) is 3.24.